The van der Waals surface area contributed by atoms with Gasteiger partial charge in [0.25, 0.3) is 0 Å². The van der Waals surface area contributed by atoms with Crippen LogP contribution in [0.25, 0.3) is 0 Å². The second kappa shape index (κ2) is 6.24. The molecule has 0 amide bonds. The smallest absolute Gasteiger partial charge is 0.124 e. The third kappa shape index (κ3) is 3.23. The lowest BCUT2D eigenvalue weighted by Gasteiger charge is -2.23. The van der Waals surface area contributed by atoms with E-state index in [1.54, 1.807) is 7.11 Å². The zero-order valence-electron chi connectivity index (χ0n) is 13.3. The number of nitrogens with two attached hydrogens (primary N) is 1. The zero-order chi connectivity index (χ0) is 15.6. The SMILES string of the molecule is COc1cc(C)cc(C)c1C(NN)c1cc(C)nc(C)c1. The lowest BCUT2D eigenvalue weighted by molar-refractivity contribution is 0.403. The largest absolute Gasteiger partial charge is 0.496 e. The summed E-state index contributed by atoms with van der Waals surface area (Å²) in [7, 11) is 1.69. The number of rotatable bonds is 4. The molecule has 1 atom stereocenters. The molecule has 0 aliphatic heterocycles. The van der Waals surface area contributed by atoms with Crippen molar-refractivity contribution in [1.82, 2.24) is 10.4 Å². The topological polar surface area (TPSA) is 60.2 Å². The van der Waals surface area contributed by atoms with E-state index in [0.29, 0.717) is 0 Å². The van der Waals surface area contributed by atoms with E-state index in [9.17, 15) is 0 Å². The van der Waals surface area contributed by atoms with Crippen molar-refractivity contribution in [1.29, 1.82) is 0 Å². The summed E-state index contributed by atoms with van der Waals surface area (Å²) < 4.78 is 5.56. The number of nitrogens with zero attached hydrogens (tertiary/aromatic N) is 1. The highest BCUT2D eigenvalue weighted by Crippen LogP contribution is 2.33. The predicted octanol–water partition coefficient (Wildman–Crippen LogP) is 2.88. The quantitative estimate of drug-likeness (QED) is 0.670. The number of ether oxygens (including phenoxy) is 1. The number of aryl methyl sites for hydroxylation is 4. The van der Waals surface area contributed by atoms with E-state index in [1.165, 1.54) is 5.56 Å². The molecule has 0 aliphatic carbocycles. The van der Waals surface area contributed by atoms with Gasteiger partial charge in [-0.3, -0.25) is 10.8 Å². The molecule has 4 nitrogen and oxygen atoms in total. The van der Waals surface area contributed by atoms with Crippen molar-refractivity contribution in [3.05, 3.63) is 57.9 Å². The molecule has 0 fully saturated rings. The summed E-state index contributed by atoms with van der Waals surface area (Å²) in [6.45, 7) is 8.12. The number of benzene rings is 1. The number of nitrogens with one attached hydrogen (secondary N) is 1. The van der Waals surface area contributed by atoms with E-state index in [0.717, 1.165) is 33.8 Å². The van der Waals surface area contributed by atoms with Gasteiger partial charge in [-0.25, -0.2) is 5.43 Å². The van der Waals surface area contributed by atoms with Gasteiger partial charge in [-0.1, -0.05) is 6.07 Å². The van der Waals surface area contributed by atoms with Gasteiger partial charge < -0.3 is 4.74 Å². The number of hydrogen-bond acceptors (Lipinski definition) is 4. The fraction of sp³-hybridized carbons (Fsp3) is 0.353. The van der Waals surface area contributed by atoms with Crippen molar-refractivity contribution < 1.29 is 4.74 Å². The van der Waals surface area contributed by atoms with Crippen LogP contribution in [0.1, 0.15) is 39.7 Å². The number of hydrogen-bond donors (Lipinski definition) is 2. The first kappa shape index (κ1) is 15.5. The lowest BCUT2D eigenvalue weighted by atomic mass is 9.93. The van der Waals surface area contributed by atoms with Gasteiger partial charge in [-0.15, -0.1) is 0 Å². The van der Waals surface area contributed by atoms with Crippen LogP contribution in [0.4, 0.5) is 0 Å². The van der Waals surface area contributed by atoms with E-state index < -0.39 is 0 Å². The highest BCUT2D eigenvalue weighted by Gasteiger charge is 2.20. The van der Waals surface area contributed by atoms with E-state index in [2.05, 4.69) is 42.5 Å². The molecule has 0 spiro atoms. The molecule has 0 radical (unpaired) electrons. The van der Waals surface area contributed by atoms with Gasteiger partial charge in [-0.2, -0.15) is 0 Å². The first-order valence-electron chi connectivity index (χ1n) is 7.02. The van der Waals surface area contributed by atoms with Gasteiger partial charge in [-0.05, 0) is 62.6 Å². The van der Waals surface area contributed by atoms with Gasteiger partial charge in [0.2, 0.25) is 0 Å². The monoisotopic (exact) mass is 285 g/mol. The molecule has 0 saturated heterocycles. The summed E-state index contributed by atoms with van der Waals surface area (Å²) in [6, 6.07) is 8.16. The van der Waals surface area contributed by atoms with E-state index in [4.69, 9.17) is 10.6 Å². The fourth-order valence-electron chi connectivity index (χ4n) is 2.86. The Morgan fingerprint density at radius 2 is 1.67 bits per heavy atom. The Morgan fingerprint density at radius 1 is 1.05 bits per heavy atom. The molecule has 1 unspecified atom stereocenters. The summed E-state index contributed by atoms with van der Waals surface area (Å²) >= 11 is 0. The Morgan fingerprint density at radius 3 is 2.19 bits per heavy atom. The van der Waals surface area contributed by atoms with Crippen LogP contribution in [0.15, 0.2) is 24.3 Å². The highest BCUT2D eigenvalue weighted by atomic mass is 16.5. The second-order valence-electron chi connectivity index (χ2n) is 5.48. The van der Waals surface area contributed by atoms with Gasteiger partial charge in [0, 0.05) is 17.0 Å². The second-order valence-corrected chi connectivity index (χ2v) is 5.48. The van der Waals surface area contributed by atoms with Crippen LogP contribution < -0.4 is 16.0 Å². The summed E-state index contributed by atoms with van der Waals surface area (Å²) in [5.41, 5.74) is 9.36. The van der Waals surface area contributed by atoms with Gasteiger partial charge >= 0.3 is 0 Å². The number of pyridine rings is 1. The molecule has 3 N–H and O–H groups in total. The maximum Gasteiger partial charge on any atom is 0.124 e. The third-order valence-corrected chi connectivity index (χ3v) is 3.61. The van der Waals surface area contributed by atoms with Crippen LogP contribution >= 0.6 is 0 Å². The average molecular weight is 285 g/mol. The van der Waals surface area contributed by atoms with E-state index in [1.807, 2.05) is 19.9 Å². The normalized spacial score (nSPS) is 12.3. The molecular weight excluding hydrogens is 262 g/mol. The van der Waals surface area contributed by atoms with Crippen LogP contribution in [0.2, 0.25) is 0 Å². The molecule has 0 aliphatic rings. The third-order valence-electron chi connectivity index (χ3n) is 3.61. The summed E-state index contributed by atoms with van der Waals surface area (Å²) in [6.07, 6.45) is 0. The minimum atomic E-state index is -0.124. The Hall–Kier alpha value is -1.91. The summed E-state index contributed by atoms with van der Waals surface area (Å²) in [5.74, 6) is 6.69. The van der Waals surface area contributed by atoms with Crippen molar-refractivity contribution >= 4 is 0 Å². The molecule has 1 aromatic carbocycles. The van der Waals surface area contributed by atoms with Crippen molar-refractivity contribution in [3.8, 4) is 5.75 Å². The van der Waals surface area contributed by atoms with Crippen molar-refractivity contribution in [2.45, 2.75) is 33.7 Å². The van der Waals surface area contributed by atoms with Crippen molar-refractivity contribution in [2.24, 2.45) is 5.84 Å². The fourth-order valence-corrected chi connectivity index (χ4v) is 2.86. The van der Waals surface area contributed by atoms with Crippen LogP contribution in [-0.4, -0.2) is 12.1 Å². The molecule has 2 rings (SSSR count). The van der Waals surface area contributed by atoms with Crippen LogP contribution in [-0.2, 0) is 0 Å². The molecule has 4 heteroatoms. The van der Waals surface area contributed by atoms with Gasteiger partial charge in [0.15, 0.2) is 0 Å². The highest BCUT2D eigenvalue weighted by molar-refractivity contribution is 5.48. The molecule has 1 aromatic heterocycles. The van der Waals surface area contributed by atoms with E-state index >= 15 is 0 Å². The maximum atomic E-state index is 5.84. The molecule has 0 bridgehead atoms. The summed E-state index contributed by atoms with van der Waals surface area (Å²) in [5, 5.41) is 0. The molecule has 2 aromatic rings. The maximum absolute atomic E-state index is 5.84. The Kier molecular flexibility index (Phi) is 4.60. The number of hydrazine groups is 1. The standard InChI is InChI=1S/C17H23N3O/c1-10-6-11(2)16(15(7-10)21-5)17(20-18)14-8-12(3)19-13(4)9-14/h6-9,17,20H,18H2,1-5H3. The predicted molar refractivity (Wildman–Crippen MR) is 85.3 cm³/mol. The Balaban J connectivity index is 2.61. The number of methoxy groups -OCH3 is 1. The van der Waals surface area contributed by atoms with Crippen LogP contribution in [0.3, 0.4) is 0 Å². The minimum absolute atomic E-state index is 0.124. The summed E-state index contributed by atoms with van der Waals surface area (Å²) in [4.78, 5) is 4.42. The van der Waals surface area contributed by atoms with Crippen molar-refractivity contribution in [2.75, 3.05) is 7.11 Å². The average Bonchev–Trinajstić information content (AvgIpc) is 2.40. The molecule has 112 valence electrons. The lowest BCUT2D eigenvalue weighted by Crippen LogP contribution is -2.30. The minimum Gasteiger partial charge on any atom is -0.496 e. The molecule has 21 heavy (non-hydrogen) atoms. The number of aromatic nitrogens is 1. The first-order valence-corrected chi connectivity index (χ1v) is 7.02. The van der Waals surface area contributed by atoms with Crippen LogP contribution in [0.5, 0.6) is 5.75 Å². The zero-order valence-corrected chi connectivity index (χ0v) is 13.3. The van der Waals surface area contributed by atoms with Gasteiger partial charge in [0.05, 0.1) is 13.2 Å². The first-order chi connectivity index (χ1) is 9.96. The molecule has 1 heterocycles. The van der Waals surface area contributed by atoms with Crippen LogP contribution in [0, 0.1) is 27.7 Å². The van der Waals surface area contributed by atoms with E-state index in [-0.39, 0.29) is 6.04 Å². The molecule has 0 saturated carbocycles. The Bertz CT molecular complexity index is 632. The molecular formula is C17H23N3O. The van der Waals surface area contributed by atoms with Gasteiger partial charge in [0.1, 0.15) is 5.75 Å². The van der Waals surface area contributed by atoms with Crippen molar-refractivity contribution in [3.63, 3.8) is 0 Å². The Labute approximate surface area is 126 Å².